The van der Waals surface area contributed by atoms with Gasteiger partial charge in [0.05, 0.1) is 10.4 Å². The van der Waals surface area contributed by atoms with Crippen LogP contribution in [0, 0.1) is 5.41 Å². The Morgan fingerprint density at radius 3 is 2.52 bits per heavy atom. The Kier molecular flexibility index (Phi) is 4.81. The van der Waals surface area contributed by atoms with Crippen LogP contribution in [-0.2, 0) is 16.6 Å². The third kappa shape index (κ3) is 3.17. The van der Waals surface area contributed by atoms with Crippen molar-refractivity contribution >= 4 is 35.1 Å². The zero-order chi connectivity index (χ0) is 15.6. The molecule has 2 N–H and O–H groups in total. The van der Waals surface area contributed by atoms with Crippen LogP contribution in [0.5, 0.6) is 0 Å². The first-order valence-corrected chi connectivity index (χ1v) is 7.23. The second kappa shape index (κ2) is 6.25. The lowest BCUT2D eigenvalue weighted by Crippen LogP contribution is -2.46. The van der Waals surface area contributed by atoms with Gasteiger partial charge in [-0.25, -0.2) is 0 Å². The molecule has 0 spiro atoms. The third-order valence-corrected chi connectivity index (χ3v) is 4.68. The fourth-order valence-corrected chi connectivity index (χ4v) is 2.70. The Bertz CT molecular complexity index is 565. The summed E-state index contributed by atoms with van der Waals surface area (Å²) < 4.78 is 6.64. The van der Waals surface area contributed by atoms with Crippen molar-refractivity contribution in [1.29, 1.82) is 0 Å². The normalized spacial score (nSPS) is 17.5. The quantitative estimate of drug-likeness (QED) is 0.881. The molecule has 6 nitrogen and oxygen atoms in total. The minimum Gasteiger partial charge on any atom is -0.481 e. The highest BCUT2D eigenvalue weighted by molar-refractivity contribution is 6.41. The molecule has 0 unspecified atom stereocenters. The summed E-state index contributed by atoms with van der Waals surface area (Å²) >= 11 is 11.8. The van der Waals surface area contributed by atoms with Gasteiger partial charge in [0.15, 0.2) is 0 Å². The molecule has 8 heteroatoms. The molecular weight excluding hydrogens is 319 g/mol. The Balaban J connectivity index is 2.08. The number of hydrogen-bond acceptors (Lipinski definition) is 3. The number of carbonyl (C=O) groups excluding carboxylic acids is 1. The average Bonchev–Trinajstić information content (AvgIpc) is 2.73. The van der Waals surface area contributed by atoms with E-state index in [0.29, 0.717) is 26.1 Å². The van der Waals surface area contributed by atoms with Crippen LogP contribution in [0.4, 0.5) is 0 Å². The van der Waals surface area contributed by atoms with Crippen LogP contribution in [0.3, 0.4) is 0 Å². The van der Waals surface area contributed by atoms with Gasteiger partial charge in [0, 0.05) is 26.8 Å². The average molecular weight is 335 g/mol. The fourth-order valence-electron chi connectivity index (χ4n) is 2.33. The van der Waals surface area contributed by atoms with Crippen molar-refractivity contribution in [3.63, 3.8) is 0 Å². The van der Waals surface area contributed by atoms with Gasteiger partial charge in [0.25, 0.3) is 5.91 Å². The molecule has 0 radical (unpaired) electrons. The molecule has 2 rings (SSSR count). The molecule has 0 atom stereocenters. The van der Waals surface area contributed by atoms with Crippen LogP contribution in [-0.4, -0.2) is 41.3 Å². The number of aromatic nitrogens is 1. The molecule has 0 bridgehead atoms. The molecule has 1 aliphatic rings. The molecule has 1 amide bonds. The Morgan fingerprint density at radius 1 is 1.43 bits per heavy atom. The highest BCUT2D eigenvalue weighted by Gasteiger charge is 2.40. The molecule has 1 aromatic heterocycles. The lowest BCUT2D eigenvalue weighted by Gasteiger charge is -2.33. The molecule has 1 fully saturated rings. The van der Waals surface area contributed by atoms with Gasteiger partial charge in [-0.05, 0) is 18.9 Å². The van der Waals surface area contributed by atoms with Crippen LogP contribution in [0.2, 0.25) is 10.2 Å². The second-order valence-electron chi connectivity index (χ2n) is 5.11. The van der Waals surface area contributed by atoms with E-state index in [4.69, 9.17) is 27.9 Å². The Hall–Kier alpha value is -1.24. The van der Waals surface area contributed by atoms with Crippen molar-refractivity contribution in [3.8, 4) is 0 Å². The van der Waals surface area contributed by atoms with Crippen LogP contribution in [0.25, 0.3) is 0 Å². The van der Waals surface area contributed by atoms with Gasteiger partial charge < -0.3 is 19.7 Å². The highest BCUT2D eigenvalue weighted by Crippen LogP contribution is 2.30. The van der Waals surface area contributed by atoms with E-state index in [1.807, 2.05) is 0 Å². The topological polar surface area (TPSA) is 80.6 Å². The zero-order valence-electron chi connectivity index (χ0n) is 11.5. The number of carboxylic acid groups (broad SMARTS) is 1. The number of rotatable bonds is 4. The molecule has 2 heterocycles. The summed E-state index contributed by atoms with van der Waals surface area (Å²) in [7, 11) is 1.62. The molecule has 1 aromatic rings. The van der Waals surface area contributed by atoms with E-state index in [1.165, 1.54) is 10.6 Å². The number of amides is 1. The summed E-state index contributed by atoms with van der Waals surface area (Å²) in [5, 5.41) is 12.6. The largest absolute Gasteiger partial charge is 0.481 e. The lowest BCUT2D eigenvalue weighted by molar-refractivity contribution is -0.154. The first-order valence-electron chi connectivity index (χ1n) is 6.47. The molecule has 0 saturated carbocycles. The molecule has 1 aliphatic heterocycles. The molecule has 116 valence electrons. The molecular formula is C13H16Cl2N2O4. The maximum absolute atomic E-state index is 12.2. The van der Waals surface area contributed by atoms with E-state index in [1.54, 1.807) is 7.05 Å². The minimum atomic E-state index is -0.980. The van der Waals surface area contributed by atoms with Crippen LogP contribution >= 0.6 is 23.2 Å². The lowest BCUT2D eigenvalue weighted by atomic mass is 9.80. The van der Waals surface area contributed by atoms with Crippen molar-refractivity contribution in [2.75, 3.05) is 19.8 Å². The first-order chi connectivity index (χ1) is 9.87. The predicted octanol–water partition coefficient (Wildman–Crippen LogP) is 1.94. The van der Waals surface area contributed by atoms with Crippen LogP contribution in [0.15, 0.2) is 6.07 Å². The summed E-state index contributed by atoms with van der Waals surface area (Å²) in [5.41, 5.74) is -0.690. The van der Waals surface area contributed by atoms with Crippen LogP contribution < -0.4 is 5.32 Å². The van der Waals surface area contributed by atoms with Gasteiger partial charge in [-0.3, -0.25) is 9.59 Å². The van der Waals surface area contributed by atoms with Gasteiger partial charge >= 0.3 is 5.97 Å². The van der Waals surface area contributed by atoms with Crippen molar-refractivity contribution in [2.24, 2.45) is 12.5 Å². The minimum absolute atomic E-state index is 0.0466. The standard InChI is InChI=1S/C13H16Cl2N2O4/c1-17-9(6-8(14)10(17)15)11(18)16-7-13(12(19)20)2-4-21-5-3-13/h6H,2-5,7H2,1H3,(H,16,18)(H,19,20). The second-order valence-corrected chi connectivity index (χ2v) is 5.87. The Labute approximate surface area is 132 Å². The first kappa shape index (κ1) is 16.1. The van der Waals surface area contributed by atoms with Gasteiger partial charge in [-0.15, -0.1) is 0 Å². The number of hydrogen-bond donors (Lipinski definition) is 2. The van der Waals surface area contributed by atoms with E-state index in [2.05, 4.69) is 5.32 Å². The predicted molar refractivity (Wildman–Crippen MR) is 77.9 cm³/mol. The SMILES string of the molecule is Cn1c(C(=O)NCC2(C(=O)O)CCOCC2)cc(Cl)c1Cl. The van der Waals surface area contributed by atoms with Gasteiger partial charge in [0.1, 0.15) is 10.8 Å². The number of halogens is 2. The molecule has 21 heavy (non-hydrogen) atoms. The number of aliphatic carboxylic acids is 1. The number of nitrogens with zero attached hydrogens (tertiary/aromatic N) is 1. The monoisotopic (exact) mass is 334 g/mol. The summed E-state index contributed by atoms with van der Waals surface area (Å²) in [5.74, 6) is -1.33. The maximum atomic E-state index is 12.2. The van der Waals surface area contributed by atoms with E-state index >= 15 is 0 Å². The van der Waals surface area contributed by atoms with Crippen molar-refractivity contribution in [3.05, 3.63) is 21.9 Å². The van der Waals surface area contributed by atoms with E-state index in [0.717, 1.165) is 0 Å². The van der Waals surface area contributed by atoms with E-state index in [9.17, 15) is 14.7 Å². The third-order valence-electron chi connectivity index (χ3n) is 3.84. The van der Waals surface area contributed by atoms with Gasteiger partial charge in [0.2, 0.25) is 0 Å². The van der Waals surface area contributed by atoms with Crippen molar-refractivity contribution in [2.45, 2.75) is 12.8 Å². The highest BCUT2D eigenvalue weighted by atomic mass is 35.5. The van der Waals surface area contributed by atoms with Crippen LogP contribution in [0.1, 0.15) is 23.3 Å². The smallest absolute Gasteiger partial charge is 0.311 e. The summed E-state index contributed by atoms with van der Waals surface area (Å²) in [6.45, 7) is 0.804. The molecule has 0 aliphatic carbocycles. The Morgan fingerprint density at radius 2 is 2.05 bits per heavy atom. The summed E-state index contributed by atoms with van der Waals surface area (Å²) in [4.78, 5) is 23.7. The van der Waals surface area contributed by atoms with Crippen molar-refractivity contribution < 1.29 is 19.4 Å². The van der Waals surface area contributed by atoms with Gasteiger partial charge in [-0.2, -0.15) is 0 Å². The summed E-state index contributed by atoms with van der Waals surface area (Å²) in [6.07, 6.45) is 0.745. The fraction of sp³-hybridized carbons (Fsp3) is 0.538. The van der Waals surface area contributed by atoms with E-state index in [-0.39, 0.29) is 22.4 Å². The molecule has 0 aromatic carbocycles. The van der Waals surface area contributed by atoms with Gasteiger partial charge in [-0.1, -0.05) is 23.2 Å². The number of nitrogens with one attached hydrogen (secondary N) is 1. The van der Waals surface area contributed by atoms with E-state index < -0.39 is 17.3 Å². The number of ether oxygens (including phenoxy) is 1. The molecule has 1 saturated heterocycles. The number of carboxylic acids is 1. The zero-order valence-corrected chi connectivity index (χ0v) is 13.0. The summed E-state index contributed by atoms with van der Waals surface area (Å²) in [6, 6.07) is 1.46. The number of carbonyl (C=O) groups is 2. The maximum Gasteiger partial charge on any atom is 0.311 e. The van der Waals surface area contributed by atoms with Crippen molar-refractivity contribution in [1.82, 2.24) is 9.88 Å².